The van der Waals surface area contributed by atoms with Gasteiger partial charge in [0.1, 0.15) is 0 Å². The molecule has 65 heavy (non-hydrogen) atoms. The topological polar surface area (TPSA) is 141 Å². The van der Waals surface area contributed by atoms with Crippen molar-refractivity contribution in [1.29, 1.82) is 0 Å². The summed E-state index contributed by atoms with van der Waals surface area (Å²) in [5.74, 6) is -2.74. The van der Waals surface area contributed by atoms with Gasteiger partial charge in [-0.3, -0.25) is 0 Å². The molecule has 1 radical (unpaired) electrons. The molecular weight excluding hydrogens is 844 g/mol. The minimum atomic E-state index is -0.914. The van der Waals surface area contributed by atoms with Gasteiger partial charge in [0.05, 0.1) is 0 Å². The molecule has 8 heteroatoms. The maximum Gasteiger partial charge on any atom is 3.00 e. The van der Waals surface area contributed by atoms with Gasteiger partial charge in [0.15, 0.2) is 0 Å². The van der Waals surface area contributed by atoms with Gasteiger partial charge in [0.25, 0.3) is 0 Å². The third-order valence-electron chi connectivity index (χ3n) is 10.9. The number of aliphatic hydroxyl groups excluding tert-OH is 1. The first-order valence-corrected chi connectivity index (χ1v) is 27.3. The second-order valence-electron chi connectivity index (χ2n) is 18.2. The monoisotopic (exact) mass is 952 g/mol. The van der Waals surface area contributed by atoms with Crippen molar-refractivity contribution in [1.82, 2.24) is 0 Å². The van der Waals surface area contributed by atoms with Crippen molar-refractivity contribution in [2.75, 3.05) is 0 Å². The molecule has 381 valence electrons. The third-order valence-corrected chi connectivity index (χ3v) is 10.9. The smallest absolute Gasteiger partial charge is 0.550 e. The molecule has 0 amide bonds. The molecule has 0 aliphatic heterocycles. The number of carbonyl (C=O) groups excluding carboxylic acids is 3. The predicted octanol–water partition coefficient (Wildman–Crippen LogP) is 14.7. The number of allylic oxidation sites excluding steroid dienone is 6. The number of carboxylic acid groups (broad SMARTS) is 3. The summed E-state index contributed by atoms with van der Waals surface area (Å²) < 4.78 is 0. The van der Waals surface area contributed by atoms with E-state index >= 15 is 0 Å². The molecular formula is C57H107O7Ti. The van der Waals surface area contributed by atoms with Gasteiger partial charge in [-0.05, 0) is 129 Å². The molecule has 0 atom stereocenters. The van der Waals surface area contributed by atoms with Crippen molar-refractivity contribution in [3.05, 3.63) is 36.5 Å². The van der Waals surface area contributed by atoms with Gasteiger partial charge in [0.2, 0.25) is 0 Å². The Morgan fingerprint density at radius 1 is 0.323 bits per heavy atom. The number of aliphatic carboxylic acids is 3. The summed E-state index contributed by atoms with van der Waals surface area (Å²) >= 11 is 0. The molecule has 0 spiro atoms. The van der Waals surface area contributed by atoms with Crippen LogP contribution >= 0.6 is 0 Å². The largest absolute Gasteiger partial charge is 3.00 e. The van der Waals surface area contributed by atoms with Crippen molar-refractivity contribution in [3.8, 4) is 0 Å². The van der Waals surface area contributed by atoms with Crippen LogP contribution in [0.25, 0.3) is 0 Å². The first-order valence-electron chi connectivity index (χ1n) is 27.3. The SMILES string of the molecule is CC(C)O.CCCCCCCC/C=C\CCCCCCCC(=O)[O-].CCCCCCCC/C=C\CCCCCCCC(=O)[O-].CCCCCCCC/C=C\CCCCCCCC(=O)[O-].[Ti+3]. The number of carboxylic acids is 3. The van der Waals surface area contributed by atoms with E-state index in [2.05, 4.69) is 57.2 Å². The van der Waals surface area contributed by atoms with Crippen molar-refractivity contribution < 1.29 is 56.5 Å². The second-order valence-corrected chi connectivity index (χ2v) is 18.2. The van der Waals surface area contributed by atoms with E-state index in [-0.39, 0.29) is 47.1 Å². The Bertz CT molecular complexity index is 872. The van der Waals surface area contributed by atoms with Gasteiger partial charge in [-0.25, -0.2) is 0 Å². The van der Waals surface area contributed by atoms with Gasteiger partial charge in [-0.1, -0.05) is 211 Å². The van der Waals surface area contributed by atoms with Gasteiger partial charge < -0.3 is 34.8 Å². The van der Waals surface area contributed by atoms with Crippen LogP contribution in [0.4, 0.5) is 0 Å². The van der Waals surface area contributed by atoms with Crippen LogP contribution in [0, 0.1) is 0 Å². The standard InChI is InChI=1S/3C18H34O2.C3H8O.Ti/c3*1-2-3-4-5-6-7-8-9-10-11-12-13-14-15-16-17-18(19)20;1-3(2)4;/h3*9-10H,2-8,11-17H2,1H3,(H,19,20);3-4H,1-2H3;/q;;;;+3/p-3/b3*10-9-;;. The molecule has 7 nitrogen and oxygen atoms in total. The summed E-state index contributed by atoms with van der Waals surface area (Å²) in [7, 11) is 0. The minimum absolute atomic E-state index is 0. The predicted molar refractivity (Wildman–Crippen MR) is 271 cm³/mol. The Labute approximate surface area is 419 Å². The fourth-order valence-electron chi connectivity index (χ4n) is 7.02. The number of carbonyl (C=O) groups is 3. The Morgan fingerprint density at radius 2 is 0.462 bits per heavy atom. The zero-order valence-electron chi connectivity index (χ0n) is 43.6. The van der Waals surface area contributed by atoms with Crippen molar-refractivity contribution in [3.63, 3.8) is 0 Å². The Kier molecular flexibility index (Phi) is 76.6. The van der Waals surface area contributed by atoms with E-state index in [1.54, 1.807) is 13.8 Å². The molecule has 0 saturated carbocycles. The van der Waals surface area contributed by atoms with E-state index in [0.717, 1.165) is 57.8 Å². The summed E-state index contributed by atoms with van der Waals surface area (Å²) in [6.45, 7) is 10.2. The van der Waals surface area contributed by atoms with Crippen molar-refractivity contribution >= 4 is 17.9 Å². The average Bonchev–Trinajstić information content (AvgIpc) is 3.25. The number of rotatable bonds is 45. The van der Waals surface area contributed by atoms with E-state index in [1.807, 2.05) is 0 Å². The number of unbranched alkanes of at least 4 members (excludes halogenated alkanes) is 33. The maximum absolute atomic E-state index is 10.2. The Balaban J connectivity index is -0.000000263. The molecule has 0 fully saturated rings. The molecule has 0 saturated heterocycles. The average molecular weight is 952 g/mol. The minimum Gasteiger partial charge on any atom is -0.550 e. The molecule has 0 heterocycles. The molecule has 0 aliphatic carbocycles. The summed E-state index contributed by atoms with van der Waals surface area (Å²) in [5.41, 5.74) is 0. The molecule has 0 aromatic carbocycles. The van der Waals surface area contributed by atoms with E-state index in [9.17, 15) is 29.7 Å². The molecule has 1 N–H and O–H groups in total. The second kappa shape index (κ2) is 68.9. The van der Waals surface area contributed by atoms with Crippen LogP contribution in [0.3, 0.4) is 0 Å². The molecule has 0 aliphatic rings. The first-order chi connectivity index (χ1) is 31.0. The third kappa shape index (κ3) is 93.2. The Hall–Kier alpha value is -1.70. The number of aliphatic hydroxyl groups is 1. The molecule has 0 rings (SSSR count). The van der Waals surface area contributed by atoms with Crippen molar-refractivity contribution in [2.45, 2.75) is 310 Å². The maximum atomic E-state index is 10.2. The van der Waals surface area contributed by atoms with Crippen LogP contribution in [0.5, 0.6) is 0 Å². The van der Waals surface area contributed by atoms with Gasteiger partial charge in [-0.15, -0.1) is 0 Å². The van der Waals surface area contributed by atoms with Crippen LogP contribution < -0.4 is 15.3 Å². The number of hydrogen-bond acceptors (Lipinski definition) is 7. The summed E-state index contributed by atoms with van der Waals surface area (Å²) in [6, 6.07) is 0. The summed E-state index contributed by atoms with van der Waals surface area (Å²) in [4.78, 5) is 30.6. The molecule has 0 bridgehead atoms. The molecule has 0 unspecified atom stereocenters. The van der Waals surface area contributed by atoms with E-state index in [0.29, 0.717) is 0 Å². The van der Waals surface area contributed by atoms with E-state index in [4.69, 9.17) is 5.11 Å². The fraction of sp³-hybridized carbons (Fsp3) is 0.842. The van der Waals surface area contributed by atoms with Crippen LogP contribution in [0.15, 0.2) is 36.5 Å². The van der Waals surface area contributed by atoms with Gasteiger partial charge in [-0.2, -0.15) is 0 Å². The normalized spacial score (nSPS) is 10.9. The Morgan fingerprint density at radius 3 is 0.615 bits per heavy atom. The van der Waals surface area contributed by atoms with Gasteiger partial charge in [0, 0.05) is 24.0 Å². The number of hydrogen-bond donors (Lipinski definition) is 1. The van der Waals surface area contributed by atoms with E-state index in [1.165, 1.54) is 193 Å². The molecule has 0 aromatic rings. The van der Waals surface area contributed by atoms with Crippen LogP contribution in [-0.2, 0) is 36.1 Å². The van der Waals surface area contributed by atoms with Crippen molar-refractivity contribution in [2.24, 2.45) is 0 Å². The summed E-state index contributed by atoms with van der Waals surface area (Å²) in [6.07, 6.45) is 62.5. The zero-order valence-corrected chi connectivity index (χ0v) is 45.2. The quantitative estimate of drug-likeness (QED) is 0.0364. The molecule has 0 aromatic heterocycles. The fourth-order valence-corrected chi connectivity index (χ4v) is 7.02. The zero-order chi connectivity index (χ0) is 48.3. The van der Waals surface area contributed by atoms with E-state index < -0.39 is 17.9 Å². The van der Waals surface area contributed by atoms with Crippen LogP contribution in [-0.4, -0.2) is 29.1 Å². The first kappa shape index (κ1) is 72.3. The van der Waals surface area contributed by atoms with Crippen LogP contribution in [0.1, 0.15) is 304 Å². The van der Waals surface area contributed by atoms with Crippen LogP contribution in [0.2, 0.25) is 0 Å². The van der Waals surface area contributed by atoms with Gasteiger partial charge >= 0.3 is 21.7 Å². The summed E-state index contributed by atoms with van der Waals surface area (Å²) in [5, 5.41) is 38.7.